The smallest absolute Gasteiger partial charge is 0.161 e. The molecule has 0 amide bonds. The molecule has 0 aromatic heterocycles. The van der Waals surface area contributed by atoms with Crippen LogP contribution in [0.1, 0.15) is 13.8 Å². The van der Waals surface area contributed by atoms with Crippen LogP contribution in [0.3, 0.4) is 0 Å². The van der Waals surface area contributed by atoms with Gasteiger partial charge >= 0.3 is 0 Å². The molecule has 2 atom stereocenters. The van der Waals surface area contributed by atoms with Gasteiger partial charge in [0.2, 0.25) is 0 Å². The van der Waals surface area contributed by atoms with Crippen LogP contribution in [0.2, 0.25) is 5.02 Å². The highest BCUT2D eigenvalue weighted by Gasteiger charge is 2.19. The molecule has 0 spiro atoms. The van der Waals surface area contributed by atoms with Gasteiger partial charge in [0, 0.05) is 5.75 Å². The average Bonchev–Trinajstić information content (AvgIpc) is 2.27. The second-order valence-electron chi connectivity index (χ2n) is 4.07. The fraction of sp³-hybridized carbons (Fsp3) is 0.417. The van der Waals surface area contributed by atoms with Crippen LogP contribution < -0.4 is 5.32 Å². The van der Waals surface area contributed by atoms with Gasteiger partial charge in [-0.2, -0.15) is 0 Å². The van der Waals surface area contributed by atoms with E-state index in [0.717, 1.165) is 21.6 Å². The summed E-state index contributed by atoms with van der Waals surface area (Å²) in [7, 11) is 0. The topological polar surface area (TPSA) is 24.4 Å². The molecule has 2 rings (SSSR count). The summed E-state index contributed by atoms with van der Waals surface area (Å²) in [6.07, 6.45) is 0. The highest BCUT2D eigenvalue weighted by atomic mass is 35.5. The number of rotatable bonds is 1. The maximum Gasteiger partial charge on any atom is 0.161 e. The van der Waals surface area contributed by atoms with Gasteiger partial charge in [0.15, 0.2) is 5.17 Å². The van der Waals surface area contributed by atoms with Crippen molar-refractivity contribution in [3.05, 3.63) is 29.3 Å². The van der Waals surface area contributed by atoms with E-state index in [-0.39, 0.29) is 0 Å². The summed E-state index contributed by atoms with van der Waals surface area (Å²) in [5.41, 5.74) is 0.928. The SMILES string of the molecule is CC1CSC(Nc2ccccc2Cl)=NC1C. The number of amidine groups is 1. The van der Waals surface area contributed by atoms with Gasteiger partial charge in [-0.1, -0.05) is 42.4 Å². The van der Waals surface area contributed by atoms with Crippen LogP contribution in [-0.2, 0) is 0 Å². The van der Waals surface area contributed by atoms with E-state index in [9.17, 15) is 0 Å². The van der Waals surface area contributed by atoms with E-state index in [2.05, 4.69) is 24.2 Å². The predicted octanol–water partition coefficient (Wildman–Crippen LogP) is 3.88. The summed E-state index contributed by atoms with van der Waals surface area (Å²) in [6.45, 7) is 4.38. The van der Waals surface area contributed by atoms with Crippen molar-refractivity contribution in [3.63, 3.8) is 0 Å². The normalized spacial score (nSPS) is 25.1. The molecule has 86 valence electrons. The van der Waals surface area contributed by atoms with Crippen molar-refractivity contribution in [2.24, 2.45) is 10.9 Å². The lowest BCUT2D eigenvalue weighted by Gasteiger charge is -2.23. The minimum atomic E-state index is 0.381. The molecule has 1 heterocycles. The molecule has 1 aromatic carbocycles. The predicted molar refractivity (Wildman–Crippen MR) is 73.6 cm³/mol. The maximum absolute atomic E-state index is 6.08. The molecule has 0 saturated heterocycles. The third-order valence-corrected chi connectivity index (χ3v) is 4.25. The number of halogens is 1. The number of anilines is 1. The summed E-state index contributed by atoms with van der Waals surface area (Å²) >= 11 is 7.84. The molecule has 0 bridgehead atoms. The summed E-state index contributed by atoms with van der Waals surface area (Å²) < 4.78 is 0. The second kappa shape index (κ2) is 5.11. The van der Waals surface area contributed by atoms with Crippen LogP contribution in [0, 0.1) is 5.92 Å². The first kappa shape index (κ1) is 11.8. The van der Waals surface area contributed by atoms with Crippen LogP contribution in [0.4, 0.5) is 5.69 Å². The first-order chi connectivity index (χ1) is 7.66. The third-order valence-electron chi connectivity index (χ3n) is 2.74. The Morgan fingerprint density at radius 1 is 1.38 bits per heavy atom. The van der Waals surface area contributed by atoms with Crippen molar-refractivity contribution in [1.82, 2.24) is 0 Å². The molecule has 0 aliphatic carbocycles. The highest BCUT2D eigenvalue weighted by Crippen LogP contribution is 2.26. The zero-order chi connectivity index (χ0) is 11.5. The van der Waals surface area contributed by atoms with Gasteiger partial charge in [-0.25, -0.2) is 0 Å². The standard InChI is InChI=1S/C12H15ClN2S/c1-8-7-16-12(14-9(8)2)15-11-6-4-3-5-10(11)13/h3-6,8-9H,7H2,1-2H3,(H,14,15). The molecule has 4 heteroatoms. The van der Waals surface area contributed by atoms with E-state index in [1.54, 1.807) is 11.8 Å². The molecular weight excluding hydrogens is 240 g/mol. The van der Waals surface area contributed by atoms with Crippen LogP contribution in [-0.4, -0.2) is 17.0 Å². The van der Waals surface area contributed by atoms with Crippen molar-refractivity contribution < 1.29 is 0 Å². The molecule has 2 nitrogen and oxygen atoms in total. The molecule has 1 aliphatic rings. The molecule has 0 saturated carbocycles. The molecule has 16 heavy (non-hydrogen) atoms. The Morgan fingerprint density at radius 2 is 2.12 bits per heavy atom. The zero-order valence-corrected chi connectivity index (χ0v) is 11.0. The molecule has 2 unspecified atom stereocenters. The van der Waals surface area contributed by atoms with Crippen LogP contribution >= 0.6 is 23.4 Å². The number of benzene rings is 1. The Bertz CT molecular complexity index is 406. The van der Waals surface area contributed by atoms with Crippen molar-refractivity contribution in [3.8, 4) is 0 Å². The molecule has 0 fully saturated rings. The summed E-state index contributed by atoms with van der Waals surface area (Å²) in [6, 6.07) is 8.12. The van der Waals surface area contributed by atoms with Crippen LogP contribution in [0.25, 0.3) is 0 Å². The third kappa shape index (κ3) is 2.71. The van der Waals surface area contributed by atoms with E-state index in [1.807, 2.05) is 24.3 Å². The van der Waals surface area contributed by atoms with Gasteiger partial charge in [0.1, 0.15) is 0 Å². The minimum Gasteiger partial charge on any atom is -0.334 e. The summed E-state index contributed by atoms with van der Waals surface area (Å²) in [5, 5.41) is 4.99. The zero-order valence-electron chi connectivity index (χ0n) is 9.40. The van der Waals surface area contributed by atoms with Crippen molar-refractivity contribution >= 4 is 34.2 Å². The Kier molecular flexibility index (Phi) is 3.77. The minimum absolute atomic E-state index is 0.381. The summed E-state index contributed by atoms with van der Waals surface area (Å²) in [4.78, 5) is 4.61. The number of aliphatic imine (C=N–C) groups is 1. The quantitative estimate of drug-likeness (QED) is 0.823. The number of para-hydroxylation sites is 1. The monoisotopic (exact) mass is 254 g/mol. The lowest BCUT2D eigenvalue weighted by atomic mass is 10.1. The molecule has 1 aromatic rings. The Balaban J connectivity index is 2.11. The fourth-order valence-corrected chi connectivity index (χ4v) is 2.75. The Hall–Kier alpha value is -0.670. The van der Waals surface area contributed by atoms with Crippen LogP contribution in [0.15, 0.2) is 29.3 Å². The Labute approximate surface area is 105 Å². The van der Waals surface area contributed by atoms with Crippen molar-refractivity contribution in [2.75, 3.05) is 11.1 Å². The highest BCUT2D eigenvalue weighted by molar-refractivity contribution is 8.14. The summed E-state index contributed by atoms with van der Waals surface area (Å²) in [5.74, 6) is 1.75. The van der Waals surface area contributed by atoms with E-state index < -0.39 is 0 Å². The van der Waals surface area contributed by atoms with Crippen LogP contribution in [0.5, 0.6) is 0 Å². The van der Waals surface area contributed by atoms with Crippen molar-refractivity contribution in [2.45, 2.75) is 19.9 Å². The maximum atomic E-state index is 6.08. The molecule has 1 N–H and O–H groups in total. The first-order valence-corrected chi connectivity index (χ1v) is 6.75. The van der Waals surface area contributed by atoms with E-state index in [1.165, 1.54) is 0 Å². The molecular formula is C12H15ClN2S. The number of thioether (sulfide) groups is 1. The lowest BCUT2D eigenvalue weighted by molar-refractivity contribution is 0.537. The van der Waals surface area contributed by atoms with E-state index in [4.69, 9.17) is 11.6 Å². The fourth-order valence-electron chi connectivity index (χ4n) is 1.45. The van der Waals surface area contributed by atoms with Gasteiger partial charge in [-0.3, -0.25) is 4.99 Å². The number of nitrogens with one attached hydrogen (secondary N) is 1. The van der Waals surface area contributed by atoms with Crippen molar-refractivity contribution in [1.29, 1.82) is 0 Å². The number of nitrogens with zero attached hydrogens (tertiary/aromatic N) is 1. The lowest BCUT2D eigenvalue weighted by Crippen LogP contribution is -2.25. The Morgan fingerprint density at radius 3 is 2.81 bits per heavy atom. The van der Waals surface area contributed by atoms with Gasteiger partial charge < -0.3 is 5.32 Å². The van der Waals surface area contributed by atoms with E-state index in [0.29, 0.717) is 12.0 Å². The number of hydrogen-bond donors (Lipinski definition) is 1. The van der Waals surface area contributed by atoms with Gasteiger partial charge in [-0.15, -0.1) is 0 Å². The van der Waals surface area contributed by atoms with E-state index >= 15 is 0 Å². The van der Waals surface area contributed by atoms with Gasteiger partial charge in [0.25, 0.3) is 0 Å². The molecule has 0 radical (unpaired) electrons. The first-order valence-electron chi connectivity index (χ1n) is 5.39. The molecule has 1 aliphatic heterocycles. The van der Waals surface area contributed by atoms with Gasteiger partial charge in [0.05, 0.1) is 16.8 Å². The average molecular weight is 255 g/mol. The second-order valence-corrected chi connectivity index (χ2v) is 5.48. The number of hydrogen-bond acceptors (Lipinski definition) is 3. The van der Waals surface area contributed by atoms with Gasteiger partial charge in [-0.05, 0) is 25.0 Å². The largest absolute Gasteiger partial charge is 0.334 e.